The zero-order valence-electron chi connectivity index (χ0n) is 12.3. The van der Waals surface area contributed by atoms with Crippen LogP contribution < -0.4 is 10.6 Å². The fourth-order valence-corrected chi connectivity index (χ4v) is 4.77. The fraction of sp³-hybridized carbons (Fsp3) is 0.353. The Morgan fingerprint density at radius 1 is 1.32 bits per heavy atom. The Hall–Kier alpha value is -2.01. The Kier molecular flexibility index (Phi) is 3.11. The van der Waals surface area contributed by atoms with E-state index in [-0.39, 0.29) is 17.8 Å². The van der Waals surface area contributed by atoms with E-state index < -0.39 is 0 Å². The highest BCUT2D eigenvalue weighted by Crippen LogP contribution is 2.42. The molecule has 0 fully saturated rings. The Bertz CT molecular complexity index is 753. The summed E-state index contributed by atoms with van der Waals surface area (Å²) in [5, 5.41) is 17.0. The molecule has 114 valence electrons. The predicted octanol–water partition coefficient (Wildman–Crippen LogP) is 3.43. The number of carbonyl (C=O) groups is 1. The second-order valence-electron chi connectivity index (χ2n) is 6.20. The van der Waals surface area contributed by atoms with Gasteiger partial charge in [-0.2, -0.15) is 0 Å². The van der Waals surface area contributed by atoms with E-state index in [0.717, 1.165) is 35.4 Å². The number of rotatable bonds is 1. The van der Waals surface area contributed by atoms with Gasteiger partial charge in [0.2, 0.25) is 0 Å². The molecule has 0 spiro atoms. The first-order valence-electron chi connectivity index (χ1n) is 7.62. The van der Waals surface area contributed by atoms with E-state index in [0.29, 0.717) is 5.92 Å². The maximum Gasteiger partial charge on any atom is 0.256 e. The smallest absolute Gasteiger partial charge is 0.256 e. The fourth-order valence-electron chi connectivity index (χ4n) is 3.33. The van der Waals surface area contributed by atoms with Gasteiger partial charge in [0.15, 0.2) is 0 Å². The van der Waals surface area contributed by atoms with Crippen LogP contribution in [0.2, 0.25) is 0 Å². The van der Waals surface area contributed by atoms with E-state index in [1.165, 1.54) is 10.4 Å². The lowest BCUT2D eigenvalue weighted by atomic mass is 9.88. The first kappa shape index (κ1) is 13.6. The van der Waals surface area contributed by atoms with E-state index in [1.807, 2.05) is 6.07 Å². The summed E-state index contributed by atoms with van der Waals surface area (Å²) < 4.78 is 0. The number of hydrogen-bond donors (Lipinski definition) is 3. The van der Waals surface area contributed by atoms with Crippen LogP contribution in [0.5, 0.6) is 5.75 Å². The second kappa shape index (κ2) is 5.02. The predicted molar refractivity (Wildman–Crippen MR) is 87.4 cm³/mol. The van der Waals surface area contributed by atoms with Gasteiger partial charge >= 0.3 is 0 Å². The van der Waals surface area contributed by atoms with Gasteiger partial charge < -0.3 is 15.7 Å². The molecular formula is C17H18N2O2S. The van der Waals surface area contributed by atoms with Crippen molar-refractivity contribution in [3.05, 3.63) is 45.8 Å². The maximum atomic E-state index is 12.6. The number of amides is 1. The van der Waals surface area contributed by atoms with Crippen molar-refractivity contribution in [2.75, 3.05) is 5.32 Å². The summed E-state index contributed by atoms with van der Waals surface area (Å²) in [4.78, 5) is 13.9. The van der Waals surface area contributed by atoms with Gasteiger partial charge in [-0.25, -0.2) is 0 Å². The average Bonchev–Trinajstić information content (AvgIpc) is 2.84. The summed E-state index contributed by atoms with van der Waals surface area (Å²) in [6.45, 7) is 2.27. The molecule has 0 radical (unpaired) electrons. The SMILES string of the molecule is C[C@@H]1CCc2c(sc3c2C(=O)N[C@@H](c2cccc(O)c2)N3)C1. The molecule has 3 N–H and O–H groups in total. The summed E-state index contributed by atoms with van der Waals surface area (Å²) in [7, 11) is 0. The van der Waals surface area contributed by atoms with E-state index in [4.69, 9.17) is 0 Å². The monoisotopic (exact) mass is 314 g/mol. The Balaban J connectivity index is 1.71. The van der Waals surface area contributed by atoms with Crippen LogP contribution in [0.25, 0.3) is 0 Å². The van der Waals surface area contributed by atoms with Crippen LogP contribution in [-0.2, 0) is 12.8 Å². The molecule has 1 aromatic heterocycles. The number of fused-ring (bicyclic) bond motifs is 3. The molecule has 0 bridgehead atoms. The molecule has 1 aliphatic heterocycles. The molecular weight excluding hydrogens is 296 g/mol. The van der Waals surface area contributed by atoms with Crippen LogP contribution in [-0.4, -0.2) is 11.0 Å². The molecule has 0 saturated heterocycles. The molecule has 5 heteroatoms. The number of hydrogen-bond acceptors (Lipinski definition) is 4. The maximum absolute atomic E-state index is 12.6. The highest BCUT2D eigenvalue weighted by molar-refractivity contribution is 7.16. The Labute approximate surface area is 133 Å². The topological polar surface area (TPSA) is 61.4 Å². The van der Waals surface area contributed by atoms with E-state index in [2.05, 4.69) is 17.6 Å². The van der Waals surface area contributed by atoms with Crippen molar-refractivity contribution in [2.24, 2.45) is 5.92 Å². The highest BCUT2D eigenvalue weighted by atomic mass is 32.1. The van der Waals surface area contributed by atoms with Gasteiger partial charge in [0.05, 0.1) is 5.56 Å². The van der Waals surface area contributed by atoms with Gasteiger partial charge in [0.1, 0.15) is 16.9 Å². The molecule has 2 atom stereocenters. The summed E-state index contributed by atoms with van der Waals surface area (Å²) in [6.07, 6.45) is 2.93. The van der Waals surface area contributed by atoms with Gasteiger partial charge in [0.25, 0.3) is 5.91 Å². The van der Waals surface area contributed by atoms with Gasteiger partial charge in [-0.1, -0.05) is 19.1 Å². The molecule has 0 saturated carbocycles. The normalized spacial score (nSPS) is 23.2. The van der Waals surface area contributed by atoms with Crippen LogP contribution >= 0.6 is 11.3 Å². The summed E-state index contributed by atoms with van der Waals surface area (Å²) in [6, 6.07) is 7.00. The van der Waals surface area contributed by atoms with E-state index >= 15 is 0 Å². The zero-order chi connectivity index (χ0) is 15.3. The average molecular weight is 314 g/mol. The molecule has 0 unspecified atom stereocenters. The second-order valence-corrected chi connectivity index (χ2v) is 7.31. The molecule has 2 heterocycles. The largest absolute Gasteiger partial charge is 0.508 e. The first-order valence-corrected chi connectivity index (χ1v) is 8.44. The van der Waals surface area contributed by atoms with Crippen LogP contribution in [0.4, 0.5) is 5.00 Å². The van der Waals surface area contributed by atoms with Crippen molar-refractivity contribution in [3.8, 4) is 5.75 Å². The van der Waals surface area contributed by atoms with Crippen LogP contribution in [0, 0.1) is 5.92 Å². The molecule has 4 rings (SSSR count). The third-order valence-electron chi connectivity index (χ3n) is 4.49. The quantitative estimate of drug-likeness (QED) is 0.756. The molecule has 2 aromatic rings. The number of carbonyl (C=O) groups excluding carboxylic acids is 1. The lowest BCUT2D eigenvalue weighted by molar-refractivity contribution is 0.0935. The zero-order valence-corrected chi connectivity index (χ0v) is 13.2. The number of phenols is 1. The highest BCUT2D eigenvalue weighted by Gasteiger charge is 2.33. The Morgan fingerprint density at radius 3 is 3.00 bits per heavy atom. The first-order chi connectivity index (χ1) is 10.6. The van der Waals surface area contributed by atoms with Gasteiger partial charge in [-0.3, -0.25) is 4.79 Å². The van der Waals surface area contributed by atoms with Crippen LogP contribution in [0.15, 0.2) is 24.3 Å². The van der Waals surface area contributed by atoms with Crippen LogP contribution in [0.3, 0.4) is 0 Å². The molecule has 22 heavy (non-hydrogen) atoms. The van der Waals surface area contributed by atoms with Crippen molar-refractivity contribution in [1.82, 2.24) is 5.32 Å². The van der Waals surface area contributed by atoms with Gasteiger partial charge in [0, 0.05) is 4.88 Å². The Morgan fingerprint density at radius 2 is 2.18 bits per heavy atom. The standard InChI is InChI=1S/C17H18N2O2S/c1-9-5-6-12-13(7-9)22-17-14(12)16(21)18-15(19-17)10-3-2-4-11(20)8-10/h2-4,8-9,15,19-20H,5-7H2,1H3,(H,18,21)/t9-,15-/m1/s1. The lowest BCUT2D eigenvalue weighted by Crippen LogP contribution is -2.38. The third-order valence-corrected chi connectivity index (χ3v) is 5.68. The van der Waals surface area contributed by atoms with Gasteiger partial charge in [-0.15, -0.1) is 11.3 Å². The van der Waals surface area contributed by atoms with E-state index in [1.54, 1.807) is 29.5 Å². The minimum atomic E-state index is -0.287. The number of thiophene rings is 1. The van der Waals surface area contributed by atoms with Crippen molar-refractivity contribution in [2.45, 2.75) is 32.4 Å². The summed E-state index contributed by atoms with van der Waals surface area (Å²) in [5.74, 6) is 0.894. The number of phenolic OH excluding ortho intramolecular Hbond substituents is 1. The van der Waals surface area contributed by atoms with Crippen molar-refractivity contribution >= 4 is 22.2 Å². The number of nitrogens with one attached hydrogen (secondary N) is 2. The summed E-state index contributed by atoms with van der Waals surface area (Å²) >= 11 is 1.71. The molecule has 1 amide bonds. The van der Waals surface area contributed by atoms with Crippen molar-refractivity contribution in [1.29, 1.82) is 0 Å². The minimum Gasteiger partial charge on any atom is -0.508 e. The number of aromatic hydroxyl groups is 1. The third kappa shape index (κ3) is 2.16. The number of benzene rings is 1. The molecule has 4 nitrogen and oxygen atoms in total. The van der Waals surface area contributed by atoms with Gasteiger partial charge in [-0.05, 0) is 48.4 Å². The van der Waals surface area contributed by atoms with Crippen molar-refractivity contribution in [3.63, 3.8) is 0 Å². The van der Waals surface area contributed by atoms with E-state index in [9.17, 15) is 9.90 Å². The summed E-state index contributed by atoms with van der Waals surface area (Å²) in [5.41, 5.74) is 2.93. The molecule has 1 aromatic carbocycles. The number of anilines is 1. The van der Waals surface area contributed by atoms with Crippen LogP contribution in [0.1, 0.15) is 45.9 Å². The minimum absolute atomic E-state index is 0.00542. The van der Waals surface area contributed by atoms with Crippen molar-refractivity contribution < 1.29 is 9.90 Å². The lowest BCUT2D eigenvalue weighted by Gasteiger charge is -2.27. The molecule has 1 aliphatic carbocycles. The molecule has 2 aliphatic rings.